The zero-order valence-corrected chi connectivity index (χ0v) is 12.9. The minimum Gasteiger partial charge on any atom is -0.346 e. The number of nitrogens with one attached hydrogen (secondary N) is 2. The second-order valence-electron chi connectivity index (χ2n) is 5.24. The summed E-state index contributed by atoms with van der Waals surface area (Å²) in [7, 11) is 0. The van der Waals surface area contributed by atoms with Crippen molar-refractivity contribution in [2.24, 2.45) is 0 Å². The molecule has 0 saturated heterocycles. The number of hydrogen-bond donors (Lipinski definition) is 2. The van der Waals surface area contributed by atoms with E-state index in [2.05, 4.69) is 20.5 Å². The van der Waals surface area contributed by atoms with Crippen molar-refractivity contribution in [1.82, 2.24) is 20.5 Å². The molecule has 1 saturated carbocycles. The zero-order chi connectivity index (χ0) is 15.0. The Morgan fingerprint density at radius 1 is 1.38 bits per heavy atom. The highest BCUT2D eigenvalue weighted by molar-refractivity contribution is 6.36. The molecule has 0 radical (unpaired) electrons. The SMILES string of the molecule is CC(NC(=O)C1(c2c(Cl)cccc2Cl)CC1)c1ncn[nH]1. The lowest BCUT2D eigenvalue weighted by atomic mass is 9.94. The fraction of sp³-hybridized carbons (Fsp3) is 0.357. The van der Waals surface area contributed by atoms with Gasteiger partial charge in [-0.1, -0.05) is 29.3 Å². The molecule has 1 fully saturated rings. The summed E-state index contributed by atoms with van der Waals surface area (Å²) < 4.78 is 0. The molecule has 1 aromatic heterocycles. The Balaban J connectivity index is 1.84. The molecule has 1 aliphatic carbocycles. The average molecular weight is 325 g/mol. The van der Waals surface area contributed by atoms with Crippen molar-refractivity contribution in [3.05, 3.63) is 46.0 Å². The molecule has 1 aromatic carbocycles. The third kappa shape index (κ3) is 2.51. The van der Waals surface area contributed by atoms with E-state index in [1.54, 1.807) is 18.2 Å². The predicted molar refractivity (Wildman–Crippen MR) is 80.3 cm³/mol. The van der Waals surface area contributed by atoms with E-state index < -0.39 is 5.41 Å². The van der Waals surface area contributed by atoms with E-state index >= 15 is 0 Å². The summed E-state index contributed by atoms with van der Waals surface area (Å²) in [6, 6.07) is 5.05. The number of rotatable bonds is 4. The summed E-state index contributed by atoms with van der Waals surface area (Å²) in [5.74, 6) is 0.533. The summed E-state index contributed by atoms with van der Waals surface area (Å²) in [6.07, 6.45) is 2.90. The number of carbonyl (C=O) groups excluding carboxylic acids is 1. The Bertz CT molecular complexity index is 647. The normalized spacial score (nSPS) is 17.3. The highest BCUT2D eigenvalue weighted by Crippen LogP contribution is 2.53. The Morgan fingerprint density at radius 2 is 2.05 bits per heavy atom. The monoisotopic (exact) mass is 324 g/mol. The second kappa shape index (κ2) is 5.31. The van der Waals surface area contributed by atoms with Crippen LogP contribution in [-0.2, 0) is 10.2 Å². The first-order valence-corrected chi connectivity index (χ1v) is 7.41. The molecule has 5 nitrogen and oxygen atoms in total. The Morgan fingerprint density at radius 3 is 2.57 bits per heavy atom. The minimum absolute atomic E-state index is 0.0820. The fourth-order valence-electron chi connectivity index (χ4n) is 2.50. The lowest BCUT2D eigenvalue weighted by Crippen LogP contribution is -2.37. The van der Waals surface area contributed by atoms with Gasteiger partial charge >= 0.3 is 0 Å². The van der Waals surface area contributed by atoms with Crippen LogP contribution < -0.4 is 5.32 Å². The highest BCUT2D eigenvalue weighted by atomic mass is 35.5. The topological polar surface area (TPSA) is 70.7 Å². The number of amides is 1. The van der Waals surface area contributed by atoms with Crippen LogP contribution in [0.1, 0.15) is 37.2 Å². The molecule has 21 heavy (non-hydrogen) atoms. The van der Waals surface area contributed by atoms with E-state index in [9.17, 15) is 4.79 Å². The van der Waals surface area contributed by atoms with Gasteiger partial charge in [0.15, 0.2) is 0 Å². The van der Waals surface area contributed by atoms with Crippen molar-refractivity contribution in [3.63, 3.8) is 0 Å². The number of benzene rings is 1. The molecule has 0 bridgehead atoms. The summed E-state index contributed by atoms with van der Waals surface area (Å²) in [5, 5.41) is 10.5. The number of hydrogen-bond acceptors (Lipinski definition) is 3. The number of halogens is 2. The molecule has 2 N–H and O–H groups in total. The molecule has 1 unspecified atom stereocenters. The second-order valence-corrected chi connectivity index (χ2v) is 6.06. The number of aromatic amines is 1. The molecule has 1 aliphatic rings. The summed E-state index contributed by atoms with van der Waals surface area (Å²) in [4.78, 5) is 16.7. The molecule has 3 rings (SSSR count). The van der Waals surface area contributed by atoms with Crippen LogP contribution in [0.15, 0.2) is 24.5 Å². The van der Waals surface area contributed by atoms with Crippen LogP contribution in [-0.4, -0.2) is 21.1 Å². The number of H-pyrrole nitrogens is 1. The van der Waals surface area contributed by atoms with E-state index in [0.717, 1.165) is 18.4 Å². The standard InChI is InChI=1S/C14H14Cl2N4O/c1-8(12-17-7-18-20-12)19-13(21)14(5-6-14)11-9(15)3-2-4-10(11)16/h2-4,7-8H,5-6H2,1H3,(H,19,21)(H,17,18,20). The molecule has 1 atom stereocenters. The van der Waals surface area contributed by atoms with Crippen LogP contribution in [0.5, 0.6) is 0 Å². The maximum atomic E-state index is 12.6. The minimum atomic E-state index is -0.621. The first kappa shape index (κ1) is 14.4. The third-order valence-corrected chi connectivity index (χ3v) is 4.45. The highest BCUT2D eigenvalue weighted by Gasteiger charge is 2.53. The van der Waals surface area contributed by atoms with E-state index in [-0.39, 0.29) is 11.9 Å². The molecule has 1 heterocycles. The fourth-order valence-corrected chi connectivity index (χ4v) is 3.26. The van der Waals surface area contributed by atoms with Gasteiger partial charge in [0, 0.05) is 15.6 Å². The van der Waals surface area contributed by atoms with Gasteiger partial charge in [0.2, 0.25) is 5.91 Å². The predicted octanol–water partition coefficient (Wildman–Crippen LogP) is 3.02. The van der Waals surface area contributed by atoms with Crippen molar-refractivity contribution >= 4 is 29.1 Å². The Hall–Kier alpha value is -1.59. The van der Waals surface area contributed by atoms with Crippen molar-refractivity contribution < 1.29 is 4.79 Å². The largest absolute Gasteiger partial charge is 0.346 e. The lowest BCUT2D eigenvalue weighted by Gasteiger charge is -2.20. The lowest BCUT2D eigenvalue weighted by molar-refractivity contribution is -0.124. The Labute approximate surface area is 132 Å². The van der Waals surface area contributed by atoms with Crippen molar-refractivity contribution in [2.75, 3.05) is 0 Å². The van der Waals surface area contributed by atoms with Gasteiger partial charge in [-0.05, 0) is 31.9 Å². The van der Waals surface area contributed by atoms with Crippen LogP contribution in [0.4, 0.5) is 0 Å². The quantitative estimate of drug-likeness (QED) is 0.908. The molecule has 0 spiro atoms. The van der Waals surface area contributed by atoms with Crippen LogP contribution in [0.25, 0.3) is 0 Å². The molecule has 0 aliphatic heterocycles. The molecule has 7 heteroatoms. The Kier molecular flexibility index (Phi) is 3.63. The van der Waals surface area contributed by atoms with Crippen LogP contribution >= 0.6 is 23.2 Å². The van der Waals surface area contributed by atoms with Gasteiger partial charge in [-0.25, -0.2) is 4.98 Å². The summed E-state index contributed by atoms with van der Waals surface area (Å²) >= 11 is 12.5. The summed E-state index contributed by atoms with van der Waals surface area (Å²) in [5.41, 5.74) is 0.0968. The molecule has 1 amide bonds. The van der Waals surface area contributed by atoms with Gasteiger partial charge in [-0.2, -0.15) is 5.10 Å². The number of aromatic nitrogens is 3. The first-order valence-electron chi connectivity index (χ1n) is 6.65. The molecular formula is C14H14Cl2N4O. The van der Waals surface area contributed by atoms with E-state index in [1.807, 2.05) is 6.92 Å². The van der Waals surface area contributed by atoms with E-state index in [0.29, 0.717) is 15.9 Å². The van der Waals surface area contributed by atoms with Crippen molar-refractivity contribution in [1.29, 1.82) is 0 Å². The zero-order valence-electron chi connectivity index (χ0n) is 11.4. The van der Waals surface area contributed by atoms with Gasteiger partial charge < -0.3 is 5.32 Å². The van der Waals surface area contributed by atoms with E-state index in [4.69, 9.17) is 23.2 Å². The van der Waals surface area contributed by atoms with Gasteiger partial charge in [0.1, 0.15) is 12.2 Å². The average Bonchev–Trinajstić information content (AvgIpc) is 3.04. The van der Waals surface area contributed by atoms with Crippen LogP contribution in [0.3, 0.4) is 0 Å². The van der Waals surface area contributed by atoms with Gasteiger partial charge in [-0.3, -0.25) is 9.89 Å². The number of carbonyl (C=O) groups is 1. The van der Waals surface area contributed by atoms with Crippen LogP contribution in [0, 0.1) is 0 Å². The van der Waals surface area contributed by atoms with E-state index in [1.165, 1.54) is 6.33 Å². The maximum absolute atomic E-state index is 12.6. The first-order chi connectivity index (χ1) is 10.0. The molecule has 110 valence electrons. The smallest absolute Gasteiger partial charge is 0.231 e. The van der Waals surface area contributed by atoms with Gasteiger partial charge in [0.25, 0.3) is 0 Å². The summed E-state index contributed by atoms with van der Waals surface area (Å²) in [6.45, 7) is 1.85. The van der Waals surface area contributed by atoms with Gasteiger partial charge in [-0.15, -0.1) is 0 Å². The third-order valence-electron chi connectivity index (χ3n) is 3.82. The number of nitrogens with zero attached hydrogens (tertiary/aromatic N) is 2. The molecule has 2 aromatic rings. The van der Waals surface area contributed by atoms with Crippen LogP contribution in [0.2, 0.25) is 10.0 Å². The maximum Gasteiger partial charge on any atom is 0.231 e. The van der Waals surface area contributed by atoms with Gasteiger partial charge in [0.05, 0.1) is 11.5 Å². The van der Waals surface area contributed by atoms with Crippen molar-refractivity contribution in [2.45, 2.75) is 31.2 Å². The van der Waals surface area contributed by atoms with Crippen molar-refractivity contribution in [3.8, 4) is 0 Å². The molecular weight excluding hydrogens is 311 g/mol.